The second-order valence-corrected chi connectivity index (χ2v) is 9.18. The topological polar surface area (TPSA) is 88.8 Å². The molecule has 0 bridgehead atoms. The van der Waals surface area contributed by atoms with Gasteiger partial charge in [0.05, 0.1) is 11.3 Å². The molecule has 5 rings (SSSR count). The van der Waals surface area contributed by atoms with Crippen LogP contribution in [0.2, 0.25) is 0 Å². The number of halogens is 1. The number of carbonyl (C=O) groups is 1. The fraction of sp³-hybridized carbons (Fsp3) is 0.385. The molecular weight excluding hydrogens is 425 g/mol. The highest BCUT2D eigenvalue weighted by atomic mass is 19.1. The first-order valence-corrected chi connectivity index (χ1v) is 11.3. The monoisotopic (exact) mass is 451 g/mol. The summed E-state index contributed by atoms with van der Waals surface area (Å²) in [4.78, 5) is 25.2. The summed E-state index contributed by atoms with van der Waals surface area (Å²) in [7, 11) is 0. The van der Waals surface area contributed by atoms with Crippen LogP contribution in [0.15, 0.2) is 41.2 Å². The molecule has 172 valence electrons. The van der Waals surface area contributed by atoms with Crippen molar-refractivity contribution in [3.63, 3.8) is 0 Å². The first-order valence-electron chi connectivity index (χ1n) is 11.3. The van der Waals surface area contributed by atoms with Crippen LogP contribution in [0.5, 0.6) is 5.75 Å². The number of aryl methyl sites for hydroxylation is 1. The van der Waals surface area contributed by atoms with Crippen molar-refractivity contribution in [2.45, 2.75) is 44.6 Å². The second-order valence-electron chi connectivity index (χ2n) is 9.18. The molecule has 1 aliphatic carbocycles. The number of carboxylic acid groups (broad SMARTS) is 1. The van der Waals surface area contributed by atoms with Crippen molar-refractivity contribution in [3.05, 3.63) is 63.8 Å². The quantitative estimate of drug-likeness (QED) is 0.598. The third-order valence-electron chi connectivity index (χ3n) is 7.12. The van der Waals surface area contributed by atoms with Gasteiger partial charge in [-0.15, -0.1) is 0 Å². The van der Waals surface area contributed by atoms with E-state index in [-0.39, 0.29) is 29.1 Å². The van der Waals surface area contributed by atoms with E-state index in [9.17, 15) is 24.2 Å². The van der Waals surface area contributed by atoms with Crippen molar-refractivity contribution in [3.8, 4) is 16.9 Å². The van der Waals surface area contributed by atoms with Crippen LogP contribution in [0, 0.1) is 18.7 Å². The standard InChI is InChI=1S/C26H26FNO5/c1-14-10-16(2-5-22(14)27)23-20-4-3-19(29)13-21(20)25(30)28(18-11-17(12-18)26(31)32)24(23)15-6-8-33-9-7-15/h2-5,10,13,15,17-18,29H,6-9,11-12H2,1H3,(H,31,32)/t17-,18-. The van der Waals surface area contributed by atoms with E-state index in [0.717, 1.165) is 29.7 Å². The summed E-state index contributed by atoms with van der Waals surface area (Å²) >= 11 is 0. The van der Waals surface area contributed by atoms with Crippen molar-refractivity contribution in [1.29, 1.82) is 0 Å². The molecule has 1 saturated heterocycles. The van der Waals surface area contributed by atoms with Crippen LogP contribution in [0.3, 0.4) is 0 Å². The predicted octanol–water partition coefficient (Wildman–Crippen LogP) is 4.75. The minimum atomic E-state index is -0.847. The molecule has 2 N–H and O–H groups in total. The Balaban J connectivity index is 1.83. The molecule has 1 aliphatic heterocycles. The molecule has 2 aliphatic rings. The van der Waals surface area contributed by atoms with E-state index in [1.165, 1.54) is 12.1 Å². The number of carboxylic acids is 1. The molecule has 2 heterocycles. The number of aromatic nitrogens is 1. The Morgan fingerprint density at radius 1 is 1.09 bits per heavy atom. The molecule has 1 aromatic heterocycles. The van der Waals surface area contributed by atoms with Gasteiger partial charge in [-0.05, 0) is 79.5 Å². The number of aromatic hydroxyl groups is 1. The van der Waals surface area contributed by atoms with Gasteiger partial charge in [0.2, 0.25) is 0 Å². The summed E-state index contributed by atoms with van der Waals surface area (Å²) in [6.45, 7) is 2.87. The summed E-state index contributed by atoms with van der Waals surface area (Å²) in [6.07, 6.45) is 2.26. The molecule has 2 aromatic carbocycles. The van der Waals surface area contributed by atoms with E-state index in [4.69, 9.17) is 4.74 Å². The predicted molar refractivity (Wildman–Crippen MR) is 122 cm³/mol. The molecular formula is C26H26FNO5. The average Bonchev–Trinajstić information content (AvgIpc) is 2.76. The zero-order chi connectivity index (χ0) is 23.3. The van der Waals surface area contributed by atoms with Crippen molar-refractivity contribution in [2.24, 2.45) is 5.92 Å². The fourth-order valence-electron chi connectivity index (χ4n) is 5.26. The number of ether oxygens (including phenoxy) is 1. The van der Waals surface area contributed by atoms with E-state index in [0.29, 0.717) is 42.4 Å². The van der Waals surface area contributed by atoms with E-state index >= 15 is 0 Å². The van der Waals surface area contributed by atoms with Gasteiger partial charge < -0.3 is 19.5 Å². The smallest absolute Gasteiger partial charge is 0.306 e. The SMILES string of the molecule is Cc1cc(-c2c(C3CCOCC3)n([C@H]3C[C@H](C(=O)O)C3)c(=O)c3cc(O)ccc23)ccc1F. The van der Waals surface area contributed by atoms with Crippen LogP contribution in [0.1, 0.15) is 48.9 Å². The lowest BCUT2D eigenvalue weighted by Gasteiger charge is -2.38. The van der Waals surface area contributed by atoms with Gasteiger partial charge in [-0.1, -0.05) is 6.07 Å². The first-order chi connectivity index (χ1) is 15.8. The highest BCUT2D eigenvalue weighted by molar-refractivity contribution is 5.98. The fourth-order valence-corrected chi connectivity index (χ4v) is 5.26. The Labute approximate surface area is 190 Å². The minimum absolute atomic E-state index is 0.0109. The molecule has 0 amide bonds. The lowest BCUT2D eigenvalue weighted by molar-refractivity contribution is -0.146. The number of benzene rings is 2. The molecule has 33 heavy (non-hydrogen) atoms. The van der Waals surface area contributed by atoms with E-state index in [2.05, 4.69) is 0 Å². The largest absolute Gasteiger partial charge is 0.508 e. The van der Waals surface area contributed by atoms with Gasteiger partial charge in [-0.2, -0.15) is 0 Å². The highest BCUT2D eigenvalue weighted by Gasteiger charge is 2.39. The number of phenols is 1. The Hall–Kier alpha value is -3.19. The number of phenolic OH excluding ortho intramolecular Hbond substituents is 1. The Bertz CT molecular complexity index is 1300. The number of hydrogen-bond acceptors (Lipinski definition) is 4. The zero-order valence-electron chi connectivity index (χ0n) is 18.4. The van der Waals surface area contributed by atoms with Crippen LogP contribution < -0.4 is 5.56 Å². The number of hydrogen-bond donors (Lipinski definition) is 2. The van der Waals surface area contributed by atoms with Gasteiger partial charge in [0.15, 0.2) is 0 Å². The number of nitrogens with zero attached hydrogens (tertiary/aromatic N) is 1. The Kier molecular flexibility index (Phi) is 5.44. The Morgan fingerprint density at radius 2 is 1.82 bits per heavy atom. The van der Waals surface area contributed by atoms with E-state index in [1.807, 2.05) is 0 Å². The summed E-state index contributed by atoms with van der Waals surface area (Å²) < 4.78 is 21.5. The number of rotatable bonds is 4. The molecule has 6 nitrogen and oxygen atoms in total. The van der Waals surface area contributed by atoms with E-state index in [1.54, 1.807) is 35.8 Å². The van der Waals surface area contributed by atoms with Crippen molar-refractivity contribution in [2.75, 3.05) is 13.2 Å². The summed E-state index contributed by atoms with van der Waals surface area (Å²) in [5.74, 6) is -1.58. The van der Waals surface area contributed by atoms with Gasteiger partial charge in [0.1, 0.15) is 11.6 Å². The molecule has 3 aromatic rings. The normalized spacial score (nSPS) is 21.2. The van der Waals surface area contributed by atoms with Gasteiger partial charge in [-0.25, -0.2) is 4.39 Å². The lowest BCUT2D eigenvalue weighted by Crippen LogP contribution is -2.40. The van der Waals surface area contributed by atoms with Crippen LogP contribution >= 0.6 is 0 Å². The number of fused-ring (bicyclic) bond motifs is 1. The van der Waals surface area contributed by atoms with Gasteiger partial charge in [0.25, 0.3) is 5.56 Å². The molecule has 0 unspecified atom stereocenters. The third kappa shape index (κ3) is 3.70. The van der Waals surface area contributed by atoms with E-state index < -0.39 is 11.9 Å². The summed E-state index contributed by atoms with van der Waals surface area (Å²) in [5, 5.41) is 20.6. The zero-order valence-corrected chi connectivity index (χ0v) is 18.4. The molecule has 7 heteroatoms. The summed E-state index contributed by atoms with van der Waals surface area (Å²) in [5.41, 5.74) is 2.79. The third-order valence-corrected chi connectivity index (χ3v) is 7.12. The second kappa shape index (κ2) is 8.30. The van der Waals surface area contributed by atoms with Gasteiger partial charge in [-0.3, -0.25) is 9.59 Å². The molecule has 0 atom stereocenters. The number of pyridine rings is 1. The average molecular weight is 451 g/mol. The van der Waals surface area contributed by atoms with Crippen LogP contribution in [0.4, 0.5) is 4.39 Å². The maximum Gasteiger partial charge on any atom is 0.306 e. The maximum absolute atomic E-state index is 14.1. The van der Waals surface area contributed by atoms with Crippen molar-refractivity contribution in [1.82, 2.24) is 4.57 Å². The molecule has 0 spiro atoms. The molecule has 1 saturated carbocycles. The molecule has 0 radical (unpaired) electrons. The van der Waals surface area contributed by atoms with Gasteiger partial charge in [0, 0.05) is 36.4 Å². The Morgan fingerprint density at radius 3 is 2.48 bits per heavy atom. The minimum Gasteiger partial charge on any atom is -0.508 e. The maximum atomic E-state index is 14.1. The van der Waals surface area contributed by atoms with Gasteiger partial charge >= 0.3 is 5.97 Å². The van der Waals surface area contributed by atoms with Crippen LogP contribution in [0.25, 0.3) is 21.9 Å². The lowest BCUT2D eigenvalue weighted by atomic mass is 9.78. The first kappa shape index (κ1) is 21.6. The highest BCUT2D eigenvalue weighted by Crippen LogP contribution is 2.45. The summed E-state index contributed by atoms with van der Waals surface area (Å²) in [6, 6.07) is 9.48. The van der Waals surface area contributed by atoms with Crippen LogP contribution in [-0.2, 0) is 9.53 Å². The molecule has 2 fully saturated rings. The van der Waals surface area contributed by atoms with Crippen LogP contribution in [-0.4, -0.2) is 34.0 Å². The van der Waals surface area contributed by atoms with Crippen molar-refractivity contribution < 1.29 is 24.1 Å². The number of aliphatic carboxylic acids is 1. The van der Waals surface area contributed by atoms with Crippen molar-refractivity contribution >= 4 is 16.7 Å².